The Kier molecular flexibility index (Phi) is 7.34. The fourth-order valence-corrected chi connectivity index (χ4v) is 1.56. The Bertz CT molecular complexity index is 206. The summed E-state index contributed by atoms with van der Waals surface area (Å²) >= 11 is 0. The lowest BCUT2D eigenvalue weighted by Crippen LogP contribution is -2.39. The van der Waals surface area contributed by atoms with Crippen molar-refractivity contribution < 1.29 is 4.79 Å². The zero-order valence-corrected chi connectivity index (χ0v) is 11.3. The minimum absolute atomic E-state index is 0.0327. The fourth-order valence-electron chi connectivity index (χ4n) is 1.56. The molecule has 0 aromatic carbocycles. The summed E-state index contributed by atoms with van der Waals surface area (Å²) in [7, 11) is 3.71. The summed E-state index contributed by atoms with van der Waals surface area (Å²) in [6, 6.07) is 0.176. The second kappa shape index (κ2) is 7.63. The van der Waals surface area contributed by atoms with Gasteiger partial charge in [0, 0.05) is 32.1 Å². The second-order valence-corrected chi connectivity index (χ2v) is 4.92. The van der Waals surface area contributed by atoms with Gasteiger partial charge in [0.2, 0.25) is 5.91 Å². The lowest BCUT2D eigenvalue weighted by molar-refractivity contribution is -0.133. The van der Waals surface area contributed by atoms with E-state index in [1.807, 2.05) is 21.0 Å². The molecule has 0 fully saturated rings. The number of hydrogen-bond donors (Lipinski definition) is 2. The molecule has 0 rings (SSSR count). The van der Waals surface area contributed by atoms with Crippen molar-refractivity contribution in [3.63, 3.8) is 0 Å². The molecule has 2 atom stereocenters. The van der Waals surface area contributed by atoms with E-state index in [1.54, 1.807) is 4.90 Å². The van der Waals surface area contributed by atoms with E-state index in [0.717, 1.165) is 19.5 Å². The number of nitrogens with one attached hydrogen (secondary N) is 1. The molecule has 0 bridgehead atoms. The van der Waals surface area contributed by atoms with Crippen LogP contribution in [0, 0.1) is 11.8 Å². The fraction of sp³-hybridized carbons (Fsp3) is 0.917. The van der Waals surface area contributed by atoms with Gasteiger partial charge in [-0.2, -0.15) is 0 Å². The summed E-state index contributed by atoms with van der Waals surface area (Å²) < 4.78 is 0. The maximum Gasteiger partial charge on any atom is 0.226 e. The van der Waals surface area contributed by atoms with Crippen LogP contribution in [0.1, 0.15) is 27.2 Å². The van der Waals surface area contributed by atoms with Crippen LogP contribution in [-0.2, 0) is 4.79 Å². The maximum absolute atomic E-state index is 11.9. The molecule has 0 aliphatic rings. The maximum atomic E-state index is 11.9. The van der Waals surface area contributed by atoms with Gasteiger partial charge in [0.15, 0.2) is 0 Å². The largest absolute Gasteiger partial charge is 0.345 e. The normalized spacial score (nSPS) is 14.9. The third-order valence-corrected chi connectivity index (χ3v) is 2.96. The van der Waals surface area contributed by atoms with Crippen LogP contribution in [0.3, 0.4) is 0 Å². The summed E-state index contributed by atoms with van der Waals surface area (Å²) in [5, 5.41) is 3.01. The first-order valence-corrected chi connectivity index (χ1v) is 6.05. The molecular formula is C12H27N3O. The molecule has 4 heteroatoms. The lowest BCUT2D eigenvalue weighted by Gasteiger charge is -2.24. The highest BCUT2D eigenvalue weighted by Crippen LogP contribution is 2.06. The van der Waals surface area contributed by atoms with Crippen LogP contribution in [0.25, 0.3) is 0 Å². The summed E-state index contributed by atoms with van der Waals surface area (Å²) in [6.07, 6.45) is 0.867. The molecule has 0 aromatic rings. The first kappa shape index (κ1) is 15.4. The minimum Gasteiger partial charge on any atom is -0.345 e. The van der Waals surface area contributed by atoms with E-state index < -0.39 is 0 Å². The zero-order valence-electron chi connectivity index (χ0n) is 11.3. The van der Waals surface area contributed by atoms with Crippen molar-refractivity contribution in [2.45, 2.75) is 33.2 Å². The van der Waals surface area contributed by atoms with Crippen molar-refractivity contribution in [3.05, 3.63) is 0 Å². The van der Waals surface area contributed by atoms with Crippen LogP contribution in [-0.4, -0.2) is 44.0 Å². The zero-order chi connectivity index (χ0) is 12.7. The molecule has 0 saturated heterocycles. The molecule has 0 aromatic heterocycles. The quantitative estimate of drug-likeness (QED) is 0.675. The van der Waals surface area contributed by atoms with Crippen LogP contribution in [0.2, 0.25) is 0 Å². The average Bonchev–Trinajstić information content (AvgIpc) is 2.24. The Morgan fingerprint density at radius 1 is 1.38 bits per heavy atom. The topological polar surface area (TPSA) is 58.4 Å². The van der Waals surface area contributed by atoms with Gasteiger partial charge >= 0.3 is 0 Å². The number of carbonyl (C=O) groups is 1. The minimum atomic E-state index is 0.0327. The van der Waals surface area contributed by atoms with Gasteiger partial charge < -0.3 is 16.0 Å². The number of nitrogens with two attached hydrogens (primary N) is 1. The van der Waals surface area contributed by atoms with Crippen LogP contribution < -0.4 is 11.1 Å². The highest BCUT2D eigenvalue weighted by atomic mass is 16.2. The van der Waals surface area contributed by atoms with Gasteiger partial charge in [-0.15, -0.1) is 0 Å². The molecule has 3 N–H and O–H groups in total. The number of hydrogen-bond acceptors (Lipinski definition) is 3. The third-order valence-electron chi connectivity index (χ3n) is 2.96. The van der Waals surface area contributed by atoms with Crippen LogP contribution >= 0.6 is 0 Å². The van der Waals surface area contributed by atoms with Crippen LogP contribution in [0.15, 0.2) is 0 Å². The van der Waals surface area contributed by atoms with E-state index in [9.17, 15) is 4.79 Å². The Balaban J connectivity index is 3.96. The highest BCUT2D eigenvalue weighted by Gasteiger charge is 2.17. The van der Waals surface area contributed by atoms with Gasteiger partial charge in [-0.3, -0.25) is 4.79 Å². The Hall–Kier alpha value is -0.610. The van der Waals surface area contributed by atoms with E-state index >= 15 is 0 Å². The van der Waals surface area contributed by atoms with Gasteiger partial charge in [0.1, 0.15) is 0 Å². The van der Waals surface area contributed by atoms with Crippen LogP contribution in [0.4, 0.5) is 0 Å². The first-order valence-electron chi connectivity index (χ1n) is 6.05. The van der Waals surface area contributed by atoms with E-state index in [2.05, 4.69) is 19.2 Å². The summed E-state index contributed by atoms with van der Waals surface area (Å²) in [5.41, 5.74) is 5.95. The molecule has 0 saturated carbocycles. The smallest absolute Gasteiger partial charge is 0.226 e. The highest BCUT2D eigenvalue weighted by molar-refractivity contribution is 5.78. The van der Waals surface area contributed by atoms with E-state index in [0.29, 0.717) is 5.92 Å². The molecule has 2 unspecified atom stereocenters. The third kappa shape index (κ3) is 5.47. The molecule has 0 radical (unpaired) electrons. The van der Waals surface area contributed by atoms with Crippen LogP contribution in [0.5, 0.6) is 0 Å². The van der Waals surface area contributed by atoms with E-state index in [-0.39, 0.29) is 17.9 Å². The summed E-state index contributed by atoms with van der Waals surface area (Å²) in [6.45, 7) is 7.62. The summed E-state index contributed by atoms with van der Waals surface area (Å²) in [4.78, 5) is 13.6. The number of carbonyl (C=O) groups excluding carboxylic acids is 1. The molecule has 1 amide bonds. The molecular weight excluding hydrogens is 202 g/mol. The van der Waals surface area contributed by atoms with Gasteiger partial charge in [-0.1, -0.05) is 20.8 Å². The van der Waals surface area contributed by atoms with Gasteiger partial charge in [0.25, 0.3) is 0 Å². The average molecular weight is 229 g/mol. The second-order valence-electron chi connectivity index (χ2n) is 4.92. The van der Waals surface area contributed by atoms with Gasteiger partial charge in [0.05, 0.1) is 0 Å². The first-order chi connectivity index (χ1) is 7.40. The molecule has 0 aliphatic heterocycles. The van der Waals surface area contributed by atoms with Crippen molar-refractivity contribution >= 4 is 5.91 Å². The van der Waals surface area contributed by atoms with Crippen molar-refractivity contribution in [2.75, 3.05) is 27.2 Å². The molecule has 0 spiro atoms. The number of rotatable bonds is 7. The number of nitrogens with zero attached hydrogens (tertiary/aromatic N) is 1. The monoisotopic (exact) mass is 229 g/mol. The predicted molar refractivity (Wildman–Crippen MR) is 68.2 cm³/mol. The van der Waals surface area contributed by atoms with Crippen molar-refractivity contribution in [1.29, 1.82) is 0 Å². The van der Waals surface area contributed by atoms with Gasteiger partial charge in [-0.25, -0.2) is 0 Å². The van der Waals surface area contributed by atoms with Crippen molar-refractivity contribution in [3.8, 4) is 0 Å². The van der Waals surface area contributed by atoms with E-state index in [1.165, 1.54) is 0 Å². The Morgan fingerprint density at radius 3 is 2.38 bits per heavy atom. The Morgan fingerprint density at radius 2 is 1.94 bits per heavy atom. The predicted octanol–water partition coefficient (Wildman–Crippen LogP) is 0.674. The lowest BCUT2D eigenvalue weighted by atomic mass is 10.0. The van der Waals surface area contributed by atoms with Crippen molar-refractivity contribution in [2.24, 2.45) is 17.6 Å². The summed E-state index contributed by atoms with van der Waals surface area (Å²) in [5.74, 6) is 0.689. The SMILES string of the molecule is CNCC(C)C(=O)N(C)CCC(N)C(C)C. The Labute approximate surface area is 99.6 Å². The molecule has 0 aliphatic carbocycles. The van der Waals surface area contributed by atoms with Crippen molar-refractivity contribution in [1.82, 2.24) is 10.2 Å². The number of amides is 1. The molecule has 16 heavy (non-hydrogen) atoms. The van der Waals surface area contributed by atoms with E-state index in [4.69, 9.17) is 5.73 Å². The molecule has 4 nitrogen and oxygen atoms in total. The van der Waals surface area contributed by atoms with Gasteiger partial charge in [-0.05, 0) is 19.4 Å². The standard InChI is InChI=1S/C12H27N3O/c1-9(2)11(13)6-7-15(5)12(16)10(3)8-14-4/h9-11,14H,6-8,13H2,1-5H3. The molecule has 96 valence electrons. The molecule has 0 heterocycles.